The molecular weight excluding hydrogens is 372 g/mol. The Morgan fingerprint density at radius 2 is 1.75 bits per heavy atom. The van der Waals surface area contributed by atoms with Crippen LogP contribution in [0.3, 0.4) is 0 Å². The summed E-state index contributed by atoms with van der Waals surface area (Å²) in [6.45, 7) is 6.29. The van der Waals surface area contributed by atoms with Gasteiger partial charge in [0.2, 0.25) is 0 Å². The summed E-state index contributed by atoms with van der Waals surface area (Å²) in [7, 11) is 0. The Bertz CT molecular complexity index is 1030. The van der Waals surface area contributed by atoms with Crippen molar-refractivity contribution >= 4 is 28.3 Å². The zero-order valence-corrected chi connectivity index (χ0v) is 17.1. The minimum absolute atomic E-state index is 0.0145. The highest BCUT2D eigenvalue weighted by molar-refractivity contribution is 6.30. The largest absolute Gasteiger partial charge is 0.508 e. The van der Waals surface area contributed by atoms with Gasteiger partial charge in [0.25, 0.3) is 0 Å². The van der Waals surface area contributed by atoms with Gasteiger partial charge < -0.3 is 9.67 Å². The van der Waals surface area contributed by atoms with Gasteiger partial charge in [0, 0.05) is 39.5 Å². The van der Waals surface area contributed by atoms with Crippen LogP contribution in [0.15, 0.2) is 36.4 Å². The molecule has 0 unspecified atom stereocenters. The normalized spacial score (nSPS) is 15.2. The Labute approximate surface area is 170 Å². The second-order valence-corrected chi connectivity index (χ2v) is 8.06. The van der Waals surface area contributed by atoms with E-state index in [1.807, 2.05) is 37.3 Å². The van der Waals surface area contributed by atoms with E-state index in [4.69, 9.17) is 11.6 Å². The quantitative estimate of drug-likeness (QED) is 0.593. The van der Waals surface area contributed by atoms with Gasteiger partial charge in [0.05, 0.1) is 5.52 Å². The highest BCUT2D eigenvalue weighted by Gasteiger charge is 2.24. The monoisotopic (exact) mass is 396 g/mol. The maximum absolute atomic E-state index is 12.6. The maximum atomic E-state index is 12.6. The van der Waals surface area contributed by atoms with E-state index in [1.165, 1.54) is 19.3 Å². The minimum atomic E-state index is 0.0145. The number of aromatic hydroxyl groups is 1. The van der Waals surface area contributed by atoms with Crippen molar-refractivity contribution in [3.05, 3.63) is 58.2 Å². The molecule has 4 nitrogen and oxygen atoms in total. The van der Waals surface area contributed by atoms with Gasteiger partial charge in [0.15, 0.2) is 5.78 Å². The van der Waals surface area contributed by atoms with Crippen molar-refractivity contribution in [1.29, 1.82) is 0 Å². The molecule has 5 heteroatoms. The molecule has 1 fully saturated rings. The van der Waals surface area contributed by atoms with Crippen LogP contribution in [0.4, 0.5) is 0 Å². The fraction of sp³-hybridized carbons (Fsp3) is 0.348. The molecule has 3 aromatic rings. The summed E-state index contributed by atoms with van der Waals surface area (Å²) in [6, 6.07) is 11.3. The Morgan fingerprint density at radius 3 is 2.39 bits per heavy atom. The number of hydrogen-bond donors (Lipinski definition) is 1. The zero-order chi connectivity index (χ0) is 19.8. The van der Waals surface area contributed by atoms with E-state index in [1.54, 1.807) is 13.0 Å². The number of Topliss-reactive ketones (excluding diaryl/α,β-unsaturated/α-hetero) is 1. The highest BCUT2D eigenvalue weighted by atomic mass is 35.5. The number of rotatable bonds is 4. The average Bonchev–Trinajstić information content (AvgIpc) is 2.98. The van der Waals surface area contributed by atoms with Gasteiger partial charge in [-0.3, -0.25) is 9.69 Å². The molecule has 1 aromatic heterocycles. The number of carbonyl (C=O) groups excluding carboxylic acids is 1. The summed E-state index contributed by atoms with van der Waals surface area (Å²) in [5, 5.41) is 12.2. The molecule has 1 aliphatic rings. The predicted octanol–water partition coefficient (Wildman–Crippen LogP) is 5.49. The summed E-state index contributed by atoms with van der Waals surface area (Å²) in [5.41, 5.74) is 4.31. The molecule has 0 spiro atoms. The third-order valence-corrected chi connectivity index (χ3v) is 5.97. The number of piperidine rings is 1. The first-order chi connectivity index (χ1) is 13.5. The summed E-state index contributed by atoms with van der Waals surface area (Å²) in [6.07, 6.45) is 3.62. The molecule has 28 heavy (non-hydrogen) atoms. The number of nitrogens with zero attached hydrogens (tertiary/aromatic N) is 2. The van der Waals surface area contributed by atoms with E-state index in [2.05, 4.69) is 9.47 Å². The number of aromatic nitrogens is 1. The van der Waals surface area contributed by atoms with E-state index < -0.39 is 0 Å². The van der Waals surface area contributed by atoms with E-state index in [9.17, 15) is 9.90 Å². The van der Waals surface area contributed by atoms with Crippen LogP contribution in [0.2, 0.25) is 5.02 Å². The van der Waals surface area contributed by atoms with E-state index >= 15 is 0 Å². The van der Waals surface area contributed by atoms with Gasteiger partial charge in [-0.05, 0) is 76.2 Å². The van der Waals surface area contributed by atoms with Gasteiger partial charge in [-0.15, -0.1) is 0 Å². The number of fused-ring (bicyclic) bond motifs is 1. The lowest BCUT2D eigenvalue weighted by atomic mass is 10.00. The van der Waals surface area contributed by atoms with Crippen LogP contribution in [0.25, 0.3) is 16.6 Å². The summed E-state index contributed by atoms with van der Waals surface area (Å²) < 4.78 is 2.08. The molecule has 2 aromatic carbocycles. The van der Waals surface area contributed by atoms with Crippen LogP contribution < -0.4 is 0 Å². The van der Waals surface area contributed by atoms with Crippen LogP contribution in [-0.2, 0) is 6.54 Å². The molecule has 0 atom stereocenters. The number of halogens is 1. The third-order valence-electron chi connectivity index (χ3n) is 5.72. The molecule has 0 radical (unpaired) electrons. The Hall–Kier alpha value is -2.30. The fourth-order valence-electron chi connectivity index (χ4n) is 4.42. The lowest BCUT2D eigenvalue weighted by Gasteiger charge is -2.27. The lowest BCUT2D eigenvalue weighted by Crippen LogP contribution is -2.29. The van der Waals surface area contributed by atoms with Crippen molar-refractivity contribution in [3.8, 4) is 11.4 Å². The summed E-state index contributed by atoms with van der Waals surface area (Å²) in [4.78, 5) is 15.0. The van der Waals surface area contributed by atoms with E-state index in [-0.39, 0.29) is 11.5 Å². The number of carbonyl (C=O) groups is 1. The molecule has 0 bridgehead atoms. The van der Waals surface area contributed by atoms with Crippen molar-refractivity contribution in [2.75, 3.05) is 13.1 Å². The number of phenolic OH excluding ortho intramolecular Hbond substituents is 1. The minimum Gasteiger partial charge on any atom is -0.508 e. The standard InChI is InChI=1S/C23H25ClN2O2/c1-15-22(16(2)27)23-19(14-25-12-4-3-5-13-25)21(28)11-10-20(23)26(15)18-8-6-17(24)7-9-18/h6-11,28H,3-5,12-14H2,1-2H3. The van der Waals surface area contributed by atoms with Crippen molar-refractivity contribution in [2.45, 2.75) is 39.7 Å². The second kappa shape index (κ2) is 7.61. The first-order valence-electron chi connectivity index (χ1n) is 9.82. The van der Waals surface area contributed by atoms with Crippen molar-refractivity contribution in [2.24, 2.45) is 0 Å². The third kappa shape index (κ3) is 3.31. The lowest BCUT2D eigenvalue weighted by molar-refractivity contribution is 0.101. The van der Waals surface area contributed by atoms with Crippen molar-refractivity contribution in [1.82, 2.24) is 9.47 Å². The smallest absolute Gasteiger partial charge is 0.162 e. The zero-order valence-electron chi connectivity index (χ0n) is 16.3. The maximum Gasteiger partial charge on any atom is 0.162 e. The van der Waals surface area contributed by atoms with E-state index in [0.717, 1.165) is 40.9 Å². The molecule has 146 valence electrons. The molecule has 0 aliphatic carbocycles. The Balaban J connectivity index is 1.95. The molecule has 0 saturated carbocycles. The molecule has 1 saturated heterocycles. The van der Waals surface area contributed by atoms with Gasteiger partial charge in [-0.2, -0.15) is 0 Å². The van der Waals surface area contributed by atoms with Gasteiger partial charge in [-0.25, -0.2) is 0 Å². The van der Waals surface area contributed by atoms with Crippen LogP contribution in [0.5, 0.6) is 5.75 Å². The molecule has 4 rings (SSSR count). The topological polar surface area (TPSA) is 45.5 Å². The van der Waals surface area contributed by atoms with Crippen LogP contribution >= 0.6 is 11.6 Å². The van der Waals surface area contributed by atoms with Crippen molar-refractivity contribution < 1.29 is 9.90 Å². The number of benzene rings is 2. The van der Waals surface area contributed by atoms with Gasteiger partial charge in [0.1, 0.15) is 5.75 Å². The summed E-state index contributed by atoms with van der Waals surface area (Å²) >= 11 is 6.07. The molecule has 0 amide bonds. The van der Waals surface area contributed by atoms with Crippen LogP contribution in [0, 0.1) is 6.92 Å². The number of hydrogen-bond acceptors (Lipinski definition) is 3. The Morgan fingerprint density at radius 1 is 1.07 bits per heavy atom. The van der Waals surface area contributed by atoms with Crippen molar-refractivity contribution in [3.63, 3.8) is 0 Å². The van der Waals surface area contributed by atoms with Gasteiger partial charge >= 0.3 is 0 Å². The molecule has 1 N–H and O–H groups in total. The molecule has 1 aliphatic heterocycles. The fourth-order valence-corrected chi connectivity index (χ4v) is 4.54. The number of phenols is 1. The molecular formula is C23H25ClN2O2. The number of ketones is 1. The SMILES string of the molecule is CC(=O)c1c(C)n(-c2ccc(Cl)cc2)c2ccc(O)c(CN3CCCCC3)c12. The second-order valence-electron chi connectivity index (χ2n) is 7.62. The highest BCUT2D eigenvalue weighted by Crippen LogP contribution is 2.37. The first kappa shape index (κ1) is 19.0. The van der Waals surface area contributed by atoms with Crippen LogP contribution in [-0.4, -0.2) is 33.4 Å². The van der Waals surface area contributed by atoms with E-state index in [0.29, 0.717) is 17.1 Å². The van der Waals surface area contributed by atoms with Gasteiger partial charge in [-0.1, -0.05) is 18.0 Å². The average molecular weight is 397 g/mol. The molecule has 2 heterocycles. The number of likely N-dealkylation sites (tertiary alicyclic amines) is 1. The predicted molar refractivity (Wildman–Crippen MR) is 114 cm³/mol. The van der Waals surface area contributed by atoms with Crippen LogP contribution in [0.1, 0.15) is 47.8 Å². The Kier molecular flexibility index (Phi) is 5.17. The first-order valence-corrected chi connectivity index (χ1v) is 10.2. The summed E-state index contributed by atoms with van der Waals surface area (Å²) in [5.74, 6) is 0.273.